The van der Waals surface area contributed by atoms with Gasteiger partial charge in [0.2, 0.25) is 5.91 Å². The Morgan fingerprint density at radius 3 is 2.77 bits per heavy atom. The van der Waals surface area contributed by atoms with E-state index < -0.39 is 30.7 Å². The number of nitrogens with one attached hydrogen (secondary N) is 1. The van der Waals surface area contributed by atoms with Gasteiger partial charge in [0, 0.05) is 12.5 Å². The second-order valence-electron chi connectivity index (χ2n) is 6.09. The molecule has 0 bridgehead atoms. The summed E-state index contributed by atoms with van der Waals surface area (Å²) in [5.74, 6) is -2.00. The van der Waals surface area contributed by atoms with Crippen LogP contribution in [0, 0.1) is 5.92 Å². The van der Waals surface area contributed by atoms with Crippen LogP contribution in [0.4, 0.5) is 13.2 Å². The molecule has 1 saturated heterocycles. The van der Waals surface area contributed by atoms with Crippen LogP contribution in [0.2, 0.25) is 0 Å². The Balaban J connectivity index is 1.94. The lowest BCUT2D eigenvalue weighted by Gasteiger charge is -2.28. The third-order valence-corrected chi connectivity index (χ3v) is 3.92. The Morgan fingerprint density at radius 1 is 1.38 bits per heavy atom. The summed E-state index contributed by atoms with van der Waals surface area (Å²) in [6.07, 6.45) is -3.26. The normalized spacial score (nSPS) is 18.8. The highest BCUT2D eigenvalue weighted by atomic mass is 19.4. The van der Waals surface area contributed by atoms with Crippen molar-refractivity contribution in [3.05, 3.63) is 29.8 Å². The van der Waals surface area contributed by atoms with Gasteiger partial charge in [0.1, 0.15) is 11.8 Å². The van der Waals surface area contributed by atoms with E-state index in [-0.39, 0.29) is 24.7 Å². The molecule has 0 radical (unpaired) electrons. The summed E-state index contributed by atoms with van der Waals surface area (Å²) in [7, 11) is 0. The van der Waals surface area contributed by atoms with E-state index in [0.29, 0.717) is 18.6 Å². The molecule has 2 rings (SSSR count). The fourth-order valence-electron chi connectivity index (χ4n) is 2.73. The largest absolute Gasteiger partial charge is 0.484 e. The van der Waals surface area contributed by atoms with E-state index >= 15 is 0 Å². The van der Waals surface area contributed by atoms with Gasteiger partial charge in [-0.1, -0.05) is 12.1 Å². The molecule has 9 heteroatoms. The molecule has 1 aliphatic rings. The Labute approximate surface area is 148 Å². The van der Waals surface area contributed by atoms with Crippen molar-refractivity contribution in [3.63, 3.8) is 0 Å². The van der Waals surface area contributed by atoms with Crippen molar-refractivity contribution in [1.29, 1.82) is 0 Å². The van der Waals surface area contributed by atoms with Crippen LogP contribution in [0.1, 0.15) is 18.4 Å². The second-order valence-corrected chi connectivity index (χ2v) is 6.09. The van der Waals surface area contributed by atoms with E-state index in [1.54, 1.807) is 6.07 Å². The lowest BCUT2D eigenvalue weighted by Crippen LogP contribution is -2.48. The van der Waals surface area contributed by atoms with Crippen molar-refractivity contribution in [2.45, 2.75) is 31.5 Å². The number of carboxylic acid groups (broad SMARTS) is 1. The van der Waals surface area contributed by atoms with Gasteiger partial charge in [-0.3, -0.25) is 4.79 Å². The molecule has 2 N–H and O–H groups in total. The molecule has 1 aliphatic heterocycles. The first-order valence-electron chi connectivity index (χ1n) is 8.13. The summed E-state index contributed by atoms with van der Waals surface area (Å²) < 4.78 is 46.5. The molecule has 2 unspecified atom stereocenters. The van der Waals surface area contributed by atoms with Crippen molar-refractivity contribution >= 4 is 11.9 Å². The van der Waals surface area contributed by atoms with Crippen LogP contribution in [0.15, 0.2) is 24.3 Å². The molecule has 0 aliphatic carbocycles. The number of carbonyl (C=O) groups excluding carboxylic acids is 1. The zero-order chi connectivity index (χ0) is 19.2. The molecule has 26 heavy (non-hydrogen) atoms. The molecule has 2 atom stereocenters. The first kappa shape index (κ1) is 20.0. The predicted octanol–water partition coefficient (Wildman–Crippen LogP) is 2.17. The van der Waals surface area contributed by atoms with Gasteiger partial charge in [0.15, 0.2) is 6.61 Å². The Bertz CT molecular complexity index is 629. The Morgan fingerprint density at radius 2 is 2.15 bits per heavy atom. The number of halogens is 3. The minimum Gasteiger partial charge on any atom is -0.484 e. The summed E-state index contributed by atoms with van der Waals surface area (Å²) >= 11 is 0. The smallest absolute Gasteiger partial charge is 0.422 e. The fourth-order valence-corrected chi connectivity index (χ4v) is 2.73. The first-order chi connectivity index (χ1) is 12.2. The zero-order valence-electron chi connectivity index (χ0n) is 13.9. The fraction of sp³-hybridized carbons (Fsp3) is 0.529. The van der Waals surface area contributed by atoms with Gasteiger partial charge in [-0.25, -0.2) is 4.79 Å². The number of benzene rings is 1. The Hall–Kier alpha value is -2.29. The molecule has 1 fully saturated rings. The van der Waals surface area contributed by atoms with Crippen molar-refractivity contribution in [3.8, 4) is 5.75 Å². The topological polar surface area (TPSA) is 84.9 Å². The van der Waals surface area contributed by atoms with Crippen LogP contribution in [0.25, 0.3) is 0 Å². The molecule has 0 aromatic heterocycles. The molecule has 1 heterocycles. The van der Waals surface area contributed by atoms with Crippen molar-refractivity contribution in [1.82, 2.24) is 5.32 Å². The highest BCUT2D eigenvalue weighted by Crippen LogP contribution is 2.20. The number of alkyl halides is 3. The monoisotopic (exact) mass is 375 g/mol. The highest BCUT2D eigenvalue weighted by Gasteiger charge is 2.31. The molecule has 6 nitrogen and oxygen atoms in total. The van der Waals surface area contributed by atoms with Gasteiger partial charge in [-0.2, -0.15) is 13.2 Å². The number of hydrogen-bond acceptors (Lipinski definition) is 4. The highest BCUT2D eigenvalue weighted by molar-refractivity contribution is 5.85. The number of amides is 1. The van der Waals surface area contributed by atoms with E-state index in [9.17, 15) is 27.9 Å². The third-order valence-electron chi connectivity index (χ3n) is 3.92. The first-order valence-corrected chi connectivity index (χ1v) is 8.13. The maximum absolute atomic E-state index is 12.2. The number of carbonyl (C=O) groups is 2. The van der Waals surface area contributed by atoms with Crippen LogP contribution >= 0.6 is 0 Å². The molecular formula is C17H20F3NO5. The summed E-state index contributed by atoms with van der Waals surface area (Å²) in [4.78, 5) is 23.6. The number of ether oxygens (including phenoxy) is 2. The maximum Gasteiger partial charge on any atom is 0.422 e. The van der Waals surface area contributed by atoms with Crippen molar-refractivity contribution in [2.75, 3.05) is 19.8 Å². The van der Waals surface area contributed by atoms with Gasteiger partial charge < -0.3 is 19.9 Å². The molecule has 1 aromatic carbocycles. The third kappa shape index (κ3) is 6.55. The lowest BCUT2D eigenvalue weighted by molar-refractivity contribution is -0.153. The zero-order valence-corrected chi connectivity index (χ0v) is 13.9. The summed E-state index contributed by atoms with van der Waals surface area (Å²) in [5.41, 5.74) is 0.422. The van der Waals surface area contributed by atoms with Crippen LogP contribution in [-0.2, 0) is 20.7 Å². The number of carboxylic acids is 1. The van der Waals surface area contributed by atoms with Gasteiger partial charge in [-0.15, -0.1) is 0 Å². The minimum absolute atomic E-state index is 0.0110. The van der Waals surface area contributed by atoms with Crippen molar-refractivity contribution < 1.29 is 37.3 Å². The molecule has 1 aromatic rings. The number of hydrogen-bond donors (Lipinski definition) is 2. The quantitative estimate of drug-likeness (QED) is 0.763. The van der Waals surface area contributed by atoms with Crippen LogP contribution in [-0.4, -0.2) is 49.0 Å². The van der Waals surface area contributed by atoms with Gasteiger partial charge in [0.25, 0.3) is 0 Å². The van der Waals surface area contributed by atoms with E-state index in [1.165, 1.54) is 18.2 Å². The molecule has 144 valence electrons. The van der Waals surface area contributed by atoms with E-state index in [2.05, 4.69) is 10.1 Å². The van der Waals surface area contributed by atoms with Crippen LogP contribution in [0.3, 0.4) is 0 Å². The van der Waals surface area contributed by atoms with E-state index in [4.69, 9.17) is 4.74 Å². The Kier molecular flexibility index (Phi) is 6.84. The molecule has 0 spiro atoms. The average Bonchev–Trinajstić information content (AvgIpc) is 2.58. The SMILES string of the molecule is O=C(Cc1cccc(OCC(F)(F)F)c1)NC(C(=O)O)C1CCCOC1. The van der Waals surface area contributed by atoms with E-state index in [1.807, 2.05) is 0 Å². The summed E-state index contributed by atoms with van der Waals surface area (Å²) in [5, 5.41) is 11.8. The average molecular weight is 375 g/mol. The lowest BCUT2D eigenvalue weighted by atomic mass is 9.93. The predicted molar refractivity (Wildman–Crippen MR) is 84.8 cm³/mol. The van der Waals surface area contributed by atoms with Gasteiger partial charge in [0.05, 0.1) is 13.0 Å². The number of aliphatic carboxylic acids is 1. The molecule has 1 amide bonds. The standard InChI is InChI=1S/C17H20F3NO5/c18-17(19,20)10-26-13-5-1-3-11(7-13)8-14(22)21-15(16(23)24)12-4-2-6-25-9-12/h1,3,5,7,12,15H,2,4,6,8-10H2,(H,21,22)(H,23,24). The second kappa shape index (κ2) is 8.88. The summed E-state index contributed by atoms with van der Waals surface area (Å²) in [6, 6.07) is 4.64. The van der Waals surface area contributed by atoms with Crippen LogP contribution < -0.4 is 10.1 Å². The van der Waals surface area contributed by atoms with Crippen molar-refractivity contribution in [2.24, 2.45) is 5.92 Å². The summed E-state index contributed by atoms with van der Waals surface area (Å²) in [6.45, 7) is -0.592. The molecule has 0 saturated carbocycles. The van der Waals surface area contributed by atoms with E-state index in [0.717, 1.165) is 6.42 Å². The maximum atomic E-state index is 12.2. The minimum atomic E-state index is -4.45. The van der Waals surface area contributed by atoms with Gasteiger partial charge >= 0.3 is 12.1 Å². The van der Waals surface area contributed by atoms with Gasteiger partial charge in [-0.05, 0) is 30.5 Å². The molecular weight excluding hydrogens is 355 g/mol. The number of rotatable bonds is 7. The van der Waals surface area contributed by atoms with Crippen LogP contribution in [0.5, 0.6) is 5.75 Å².